The number of ether oxygens (including phenoxy) is 4. The van der Waals surface area contributed by atoms with E-state index in [1.807, 2.05) is 6.92 Å². The molecule has 4 rings (SSSR count). The third-order valence-electron chi connectivity index (χ3n) is 7.76. The number of amides is 2. The Balaban J connectivity index is 1.69. The summed E-state index contributed by atoms with van der Waals surface area (Å²) in [5, 5.41) is 13.3. The average molecular weight is 699 g/mol. The maximum absolute atomic E-state index is 14.0. The van der Waals surface area contributed by atoms with Crippen LogP contribution < -0.4 is 10.6 Å². The van der Waals surface area contributed by atoms with Gasteiger partial charge in [0.25, 0.3) is 5.91 Å². The first-order valence-corrected chi connectivity index (χ1v) is 16.6. The highest BCUT2D eigenvalue weighted by Crippen LogP contribution is 2.32. The van der Waals surface area contributed by atoms with E-state index in [4.69, 9.17) is 24.4 Å². The van der Waals surface area contributed by atoms with Crippen molar-refractivity contribution in [2.75, 3.05) is 13.2 Å². The molecule has 0 aliphatic heterocycles. The molecule has 1 heterocycles. The number of hydrogen-bond donors (Lipinski definition) is 3. The third kappa shape index (κ3) is 10.6. The number of nitrogens with zero attached hydrogens (tertiary/aromatic N) is 1. The van der Waals surface area contributed by atoms with Crippen LogP contribution in [0, 0.1) is 18.3 Å². The fraction of sp³-hybridized carbons (Fsp3) is 0.342. The van der Waals surface area contributed by atoms with E-state index in [1.165, 1.54) is 19.1 Å². The van der Waals surface area contributed by atoms with Crippen LogP contribution >= 0.6 is 0 Å². The lowest BCUT2D eigenvalue weighted by Gasteiger charge is -2.18. The van der Waals surface area contributed by atoms with Gasteiger partial charge in [0.15, 0.2) is 11.5 Å². The van der Waals surface area contributed by atoms with Crippen molar-refractivity contribution < 1.29 is 42.9 Å². The second-order valence-electron chi connectivity index (χ2n) is 12.2. The van der Waals surface area contributed by atoms with Crippen LogP contribution in [0.25, 0.3) is 17.2 Å². The summed E-state index contributed by atoms with van der Waals surface area (Å²) in [6, 6.07) is 13.0. The molecule has 1 aromatic heterocycles. The molecule has 0 spiro atoms. The highest BCUT2D eigenvalue weighted by Gasteiger charge is 2.27. The summed E-state index contributed by atoms with van der Waals surface area (Å²) in [4.78, 5) is 68.9. The average Bonchev–Trinajstić information content (AvgIpc) is 3.91. The number of pyridine rings is 1. The van der Waals surface area contributed by atoms with Crippen LogP contribution in [0.2, 0.25) is 0 Å². The molecule has 1 unspecified atom stereocenters. The molecule has 2 amide bonds. The first-order valence-electron chi connectivity index (χ1n) is 16.6. The predicted molar refractivity (Wildman–Crippen MR) is 189 cm³/mol. The molecule has 3 aromatic rings. The Morgan fingerprint density at radius 2 is 1.69 bits per heavy atom. The van der Waals surface area contributed by atoms with Gasteiger partial charge in [0.1, 0.15) is 11.5 Å². The Morgan fingerprint density at radius 3 is 2.31 bits per heavy atom. The van der Waals surface area contributed by atoms with Gasteiger partial charge in [-0.1, -0.05) is 43.0 Å². The summed E-state index contributed by atoms with van der Waals surface area (Å²) in [6.45, 7) is 12.6. The Hall–Kier alpha value is -5.85. The molecule has 268 valence electrons. The summed E-state index contributed by atoms with van der Waals surface area (Å²) in [6.07, 6.45) is 0.0110. The summed E-state index contributed by atoms with van der Waals surface area (Å²) >= 11 is 0. The number of aromatic nitrogens is 1. The topological polar surface area (TPSA) is 183 Å². The standard InChI is InChI=1S/C38H42N4O9/c1-7-26-19-30(32(43)18-24-11-13-27(14-12-24)34(39)42-37(46)48-8-2)29(17-22(26)5)28-15-16-31(35(44)40-20-25-9-10-25)41-33(28)36(45)50-23(6)51-38(47)49-21(3)4/h7,11-17,19,21,23,25H,1,8-10,18,20H2,2-6H3,(H,40,44)(H2,39,42,46). The van der Waals surface area contributed by atoms with E-state index in [0.29, 0.717) is 34.7 Å². The second-order valence-corrected chi connectivity index (χ2v) is 12.2. The van der Waals surface area contributed by atoms with E-state index in [2.05, 4.69) is 22.2 Å². The Kier molecular flexibility index (Phi) is 12.8. The minimum Gasteiger partial charge on any atom is -0.450 e. The van der Waals surface area contributed by atoms with Crippen LogP contribution in [-0.4, -0.2) is 66.3 Å². The molecule has 0 saturated heterocycles. The predicted octanol–water partition coefficient (Wildman–Crippen LogP) is 6.40. The normalized spacial score (nSPS) is 12.7. The molecule has 13 heteroatoms. The number of aryl methyl sites for hydroxylation is 1. The zero-order valence-electron chi connectivity index (χ0n) is 29.3. The highest BCUT2D eigenvalue weighted by atomic mass is 16.8. The molecule has 0 bridgehead atoms. The SMILES string of the molecule is C=Cc1cc(C(=O)Cc2ccc(C(=N)NC(=O)OCC)cc2)c(-c2ccc(C(=O)NCC3CC3)nc2C(=O)OC(C)OC(=O)OC(C)C)cc1C. The van der Waals surface area contributed by atoms with Crippen LogP contribution in [-0.2, 0) is 25.4 Å². The summed E-state index contributed by atoms with van der Waals surface area (Å²) < 4.78 is 20.3. The van der Waals surface area contributed by atoms with Crippen molar-refractivity contribution >= 4 is 41.8 Å². The molecule has 1 fully saturated rings. The molecule has 0 radical (unpaired) electrons. The zero-order chi connectivity index (χ0) is 37.2. The van der Waals surface area contributed by atoms with Crippen LogP contribution in [0.5, 0.6) is 0 Å². The number of benzene rings is 2. The molecular formula is C38H42N4O9. The van der Waals surface area contributed by atoms with Crippen molar-refractivity contribution in [1.82, 2.24) is 15.6 Å². The molecule has 51 heavy (non-hydrogen) atoms. The van der Waals surface area contributed by atoms with Crippen molar-refractivity contribution in [2.45, 2.75) is 66.3 Å². The van der Waals surface area contributed by atoms with Crippen molar-refractivity contribution in [1.29, 1.82) is 5.41 Å². The minimum absolute atomic E-state index is 0.0328. The summed E-state index contributed by atoms with van der Waals surface area (Å²) in [5.41, 5.74) is 3.01. The van der Waals surface area contributed by atoms with Crippen LogP contribution in [0.3, 0.4) is 0 Å². The highest BCUT2D eigenvalue weighted by molar-refractivity contribution is 6.08. The number of rotatable bonds is 14. The summed E-state index contributed by atoms with van der Waals surface area (Å²) in [5.74, 6) is -1.53. The fourth-order valence-corrected chi connectivity index (χ4v) is 5.00. The number of ketones is 1. The largest absolute Gasteiger partial charge is 0.511 e. The quantitative estimate of drug-likeness (QED) is 0.0425. The lowest BCUT2D eigenvalue weighted by molar-refractivity contribution is -0.0868. The number of carbonyl (C=O) groups is 5. The number of carbonyl (C=O) groups excluding carboxylic acids is 5. The van der Waals surface area contributed by atoms with E-state index in [1.54, 1.807) is 63.2 Å². The van der Waals surface area contributed by atoms with Gasteiger partial charge >= 0.3 is 18.2 Å². The smallest absolute Gasteiger partial charge is 0.450 e. The van der Waals surface area contributed by atoms with Crippen molar-refractivity contribution in [3.8, 4) is 11.1 Å². The number of amidine groups is 1. The van der Waals surface area contributed by atoms with Gasteiger partial charge in [-0.05, 0) is 86.9 Å². The van der Waals surface area contributed by atoms with Gasteiger partial charge in [-0.15, -0.1) is 0 Å². The minimum atomic E-state index is -1.37. The van der Waals surface area contributed by atoms with E-state index in [-0.39, 0.29) is 47.2 Å². The lowest BCUT2D eigenvalue weighted by atomic mass is 9.89. The monoisotopic (exact) mass is 698 g/mol. The van der Waals surface area contributed by atoms with Gasteiger partial charge in [0, 0.05) is 36.6 Å². The molecular weight excluding hydrogens is 656 g/mol. The van der Waals surface area contributed by atoms with Gasteiger partial charge < -0.3 is 24.3 Å². The molecule has 1 aliphatic rings. The maximum Gasteiger partial charge on any atom is 0.511 e. The van der Waals surface area contributed by atoms with Gasteiger partial charge in [0.2, 0.25) is 6.29 Å². The van der Waals surface area contributed by atoms with Crippen molar-refractivity contribution in [2.24, 2.45) is 5.92 Å². The molecule has 1 atom stereocenters. The second kappa shape index (κ2) is 17.2. The van der Waals surface area contributed by atoms with E-state index < -0.39 is 36.5 Å². The molecule has 3 N–H and O–H groups in total. The van der Waals surface area contributed by atoms with E-state index >= 15 is 0 Å². The Bertz CT molecular complexity index is 1830. The molecule has 1 saturated carbocycles. The van der Waals surface area contributed by atoms with Crippen LogP contribution in [0.4, 0.5) is 9.59 Å². The number of Topliss-reactive ketones (excluding diaryl/α,β-unsaturated/α-hetero) is 1. The Morgan fingerprint density at radius 1 is 0.980 bits per heavy atom. The van der Waals surface area contributed by atoms with Crippen molar-refractivity contribution in [3.05, 3.63) is 94.3 Å². The zero-order valence-corrected chi connectivity index (χ0v) is 29.3. The number of esters is 1. The Labute approximate surface area is 296 Å². The third-order valence-corrected chi connectivity index (χ3v) is 7.76. The molecule has 1 aliphatic carbocycles. The first kappa shape index (κ1) is 38.0. The van der Waals surface area contributed by atoms with Gasteiger partial charge in [-0.25, -0.2) is 19.4 Å². The van der Waals surface area contributed by atoms with Gasteiger partial charge in [-0.3, -0.25) is 20.3 Å². The van der Waals surface area contributed by atoms with Crippen molar-refractivity contribution in [3.63, 3.8) is 0 Å². The number of hydrogen-bond acceptors (Lipinski definition) is 11. The lowest BCUT2D eigenvalue weighted by Crippen LogP contribution is -2.31. The number of nitrogens with one attached hydrogen (secondary N) is 3. The first-order chi connectivity index (χ1) is 24.3. The van der Waals surface area contributed by atoms with Gasteiger partial charge in [-0.2, -0.15) is 0 Å². The van der Waals surface area contributed by atoms with Gasteiger partial charge in [0.05, 0.1) is 12.7 Å². The number of alkyl carbamates (subject to hydrolysis) is 1. The maximum atomic E-state index is 14.0. The van der Waals surface area contributed by atoms with Crippen LogP contribution in [0.15, 0.2) is 55.1 Å². The molecule has 13 nitrogen and oxygen atoms in total. The van der Waals surface area contributed by atoms with E-state index in [0.717, 1.165) is 18.4 Å². The van der Waals surface area contributed by atoms with Crippen LogP contribution in [0.1, 0.15) is 94.1 Å². The fourth-order valence-electron chi connectivity index (χ4n) is 5.00. The van der Waals surface area contributed by atoms with E-state index in [9.17, 15) is 24.0 Å². The summed E-state index contributed by atoms with van der Waals surface area (Å²) in [7, 11) is 0. The molecule has 2 aromatic carbocycles.